The molecule has 3 heteroatoms. The van der Waals surface area contributed by atoms with Crippen molar-refractivity contribution in [2.24, 2.45) is 0 Å². The largest absolute Gasteiger partial charge is 0.278 e. The van der Waals surface area contributed by atoms with Gasteiger partial charge in [-0.2, -0.15) is 5.10 Å². The topological polar surface area (TPSA) is 28.7 Å². The number of benzene rings is 1. The van der Waals surface area contributed by atoms with E-state index in [-0.39, 0.29) is 5.82 Å². The average Bonchev–Trinajstić information content (AvgIpc) is 2.76. The molecular formula is C13H9FN2. The van der Waals surface area contributed by atoms with Gasteiger partial charge in [-0.15, -0.1) is 6.42 Å². The van der Waals surface area contributed by atoms with Gasteiger partial charge in [0.05, 0.1) is 11.4 Å². The van der Waals surface area contributed by atoms with Gasteiger partial charge in [-0.1, -0.05) is 5.92 Å². The molecule has 2 rings (SSSR count). The number of halogens is 1. The second-order valence-electron chi connectivity index (χ2n) is 3.22. The van der Waals surface area contributed by atoms with Crippen LogP contribution in [0, 0.1) is 18.2 Å². The van der Waals surface area contributed by atoms with Crippen molar-refractivity contribution < 1.29 is 4.39 Å². The summed E-state index contributed by atoms with van der Waals surface area (Å²) in [5.74, 6) is 2.14. The van der Waals surface area contributed by atoms with Crippen molar-refractivity contribution in [2.45, 2.75) is 0 Å². The molecule has 1 N–H and O–H groups in total. The minimum absolute atomic E-state index is 0.258. The fourth-order valence-electron chi connectivity index (χ4n) is 1.33. The Balaban J connectivity index is 2.28. The van der Waals surface area contributed by atoms with E-state index in [0.717, 1.165) is 17.0 Å². The summed E-state index contributed by atoms with van der Waals surface area (Å²) in [4.78, 5) is 0. The van der Waals surface area contributed by atoms with Crippen LogP contribution in [-0.4, -0.2) is 10.2 Å². The molecule has 16 heavy (non-hydrogen) atoms. The van der Waals surface area contributed by atoms with Gasteiger partial charge in [0, 0.05) is 5.56 Å². The summed E-state index contributed by atoms with van der Waals surface area (Å²) in [6.07, 6.45) is 8.43. The van der Waals surface area contributed by atoms with Crippen molar-refractivity contribution in [2.75, 3.05) is 0 Å². The first kappa shape index (κ1) is 10.2. The van der Waals surface area contributed by atoms with E-state index < -0.39 is 0 Å². The number of aromatic nitrogens is 2. The highest BCUT2D eigenvalue weighted by atomic mass is 19.1. The lowest BCUT2D eigenvalue weighted by Gasteiger charge is -1.94. The first-order chi connectivity index (χ1) is 7.79. The highest BCUT2D eigenvalue weighted by Gasteiger charge is 2.01. The SMILES string of the molecule is C#C/C=C\c1cc(-c2ccc(F)cc2)n[nH]1. The Morgan fingerprint density at radius 1 is 1.31 bits per heavy atom. The summed E-state index contributed by atoms with van der Waals surface area (Å²) in [6, 6.07) is 8.02. The molecule has 0 saturated carbocycles. The number of allylic oxidation sites excluding steroid dienone is 1. The summed E-state index contributed by atoms with van der Waals surface area (Å²) in [5.41, 5.74) is 2.44. The number of rotatable bonds is 2. The zero-order chi connectivity index (χ0) is 11.4. The third kappa shape index (κ3) is 2.18. The number of terminal acetylenes is 1. The Morgan fingerprint density at radius 2 is 2.06 bits per heavy atom. The first-order valence-corrected chi connectivity index (χ1v) is 4.73. The van der Waals surface area contributed by atoms with Crippen molar-refractivity contribution in [1.82, 2.24) is 10.2 Å². The van der Waals surface area contributed by atoms with Gasteiger partial charge in [0.15, 0.2) is 0 Å². The lowest BCUT2D eigenvalue weighted by Crippen LogP contribution is -1.78. The van der Waals surface area contributed by atoms with Gasteiger partial charge < -0.3 is 0 Å². The maximum atomic E-state index is 12.7. The summed E-state index contributed by atoms with van der Waals surface area (Å²) in [7, 11) is 0. The Labute approximate surface area is 92.8 Å². The van der Waals surface area contributed by atoms with E-state index >= 15 is 0 Å². The van der Waals surface area contributed by atoms with Crippen molar-refractivity contribution in [3.8, 4) is 23.6 Å². The van der Waals surface area contributed by atoms with Gasteiger partial charge >= 0.3 is 0 Å². The summed E-state index contributed by atoms with van der Waals surface area (Å²) < 4.78 is 12.7. The Bertz CT molecular complexity index is 544. The normalized spacial score (nSPS) is 10.5. The number of hydrogen-bond donors (Lipinski definition) is 1. The van der Waals surface area contributed by atoms with Crippen LogP contribution in [0.15, 0.2) is 36.4 Å². The van der Waals surface area contributed by atoms with Crippen molar-refractivity contribution in [3.63, 3.8) is 0 Å². The molecule has 0 unspecified atom stereocenters. The summed E-state index contributed by atoms with van der Waals surface area (Å²) in [5, 5.41) is 6.93. The van der Waals surface area contributed by atoms with Crippen LogP contribution < -0.4 is 0 Å². The lowest BCUT2D eigenvalue weighted by atomic mass is 10.1. The lowest BCUT2D eigenvalue weighted by molar-refractivity contribution is 0.628. The number of H-pyrrole nitrogens is 1. The number of nitrogens with one attached hydrogen (secondary N) is 1. The highest BCUT2D eigenvalue weighted by molar-refractivity contribution is 5.62. The molecule has 0 spiro atoms. The fourth-order valence-corrected chi connectivity index (χ4v) is 1.33. The molecule has 0 fully saturated rings. The van der Waals surface area contributed by atoms with Crippen LogP contribution in [0.25, 0.3) is 17.3 Å². The van der Waals surface area contributed by atoms with Crippen LogP contribution in [0.1, 0.15) is 5.69 Å². The van der Waals surface area contributed by atoms with E-state index in [1.165, 1.54) is 12.1 Å². The van der Waals surface area contributed by atoms with E-state index in [1.54, 1.807) is 24.3 Å². The van der Waals surface area contributed by atoms with Crippen LogP contribution >= 0.6 is 0 Å². The van der Waals surface area contributed by atoms with Gasteiger partial charge in [-0.25, -0.2) is 4.39 Å². The van der Waals surface area contributed by atoms with E-state index in [4.69, 9.17) is 6.42 Å². The highest BCUT2D eigenvalue weighted by Crippen LogP contribution is 2.18. The van der Waals surface area contributed by atoms with Crippen LogP contribution in [0.5, 0.6) is 0 Å². The summed E-state index contributed by atoms with van der Waals surface area (Å²) in [6.45, 7) is 0. The van der Waals surface area contributed by atoms with Gasteiger partial charge in [-0.3, -0.25) is 5.10 Å². The zero-order valence-corrected chi connectivity index (χ0v) is 8.44. The minimum atomic E-state index is -0.258. The van der Waals surface area contributed by atoms with Gasteiger partial charge in [0.25, 0.3) is 0 Å². The first-order valence-electron chi connectivity index (χ1n) is 4.73. The molecule has 0 radical (unpaired) electrons. The minimum Gasteiger partial charge on any atom is -0.278 e. The zero-order valence-electron chi connectivity index (χ0n) is 8.44. The third-order valence-electron chi connectivity index (χ3n) is 2.10. The Morgan fingerprint density at radius 3 is 2.75 bits per heavy atom. The van der Waals surface area contributed by atoms with Crippen LogP contribution in [0.4, 0.5) is 4.39 Å². The molecule has 78 valence electrons. The fraction of sp³-hybridized carbons (Fsp3) is 0. The molecule has 0 atom stereocenters. The monoisotopic (exact) mass is 212 g/mol. The van der Waals surface area contributed by atoms with E-state index in [0.29, 0.717) is 0 Å². The molecule has 0 amide bonds. The van der Waals surface area contributed by atoms with E-state index in [2.05, 4.69) is 16.1 Å². The van der Waals surface area contributed by atoms with Crippen LogP contribution in [0.2, 0.25) is 0 Å². The van der Waals surface area contributed by atoms with Crippen LogP contribution in [0.3, 0.4) is 0 Å². The average molecular weight is 212 g/mol. The molecular weight excluding hydrogens is 203 g/mol. The van der Waals surface area contributed by atoms with Crippen LogP contribution in [-0.2, 0) is 0 Å². The molecule has 0 aliphatic rings. The second kappa shape index (κ2) is 4.45. The number of aromatic amines is 1. The molecule has 0 saturated heterocycles. The molecule has 0 bridgehead atoms. The molecule has 1 aromatic carbocycles. The van der Waals surface area contributed by atoms with Crippen molar-refractivity contribution in [1.29, 1.82) is 0 Å². The third-order valence-corrected chi connectivity index (χ3v) is 2.10. The molecule has 2 nitrogen and oxygen atoms in total. The van der Waals surface area contributed by atoms with Gasteiger partial charge in [0.2, 0.25) is 0 Å². The van der Waals surface area contributed by atoms with Gasteiger partial charge in [0.1, 0.15) is 5.82 Å². The Hall–Kier alpha value is -2.34. The molecule has 1 aromatic heterocycles. The summed E-state index contributed by atoms with van der Waals surface area (Å²) >= 11 is 0. The standard InChI is InChI=1S/C13H9FN2/c1-2-3-4-12-9-13(16-15-12)10-5-7-11(14)8-6-10/h1,3-9H,(H,15,16)/b4-3-. The Kier molecular flexibility index (Phi) is 2.84. The van der Waals surface area contributed by atoms with Crippen molar-refractivity contribution >= 4 is 6.08 Å². The molecule has 2 aromatic rings. The molecule has 1 heterocycles. The smallest absolute Gasteiger partial charge is 0.123 e. The quantitative estimate of drug-likeness (QED) is 0.762. The predicted octanol–water partition coefficient (Wildman–Crippen LogP) is 2.86. The maximum absolute atomic E-state index is 12.7. The maximum Gasteiger partial charge on any atom is 0.123 e. The van der Waals surface area contributed by atoms with E-state index in [9.17, 15) is 4.39 Å². The van der Waals surface area contributed by atoms with E-state index in [1.807, 2.05) is 6.07 Å². The van der Waals surface area contributed by atoms with Gasteiger partial charge in [-0.05, 0) is 42.5 Å². The number of nitrogens with zero attached hydrogens (tertiary/aromatic N) is 1. The number of hydrogen-bond acceptors (Lipinski definition) is 1. The second-order valence-corrected chi connectivity index (χ2v) is 3.22. The van der Waals surface area contributed by atoms with Crippen molar-refractivity contribution in [3.05, 3.63) is 47.9 Å². The predicted molar refractivity (Wildman–Crippen MR) is 61.8 cm³/mol. The molecule has 0 aliphatic carbocycles. The molecule has 0 aliphatic heterocycles.